The average Bonchev–Trinajstić information content (AvgIpc) is 2.17. The third-order valence-corrected chi connectivity index (χ3v) is 2.26. The monoisotopic (exact) mass is 213 g/mol. The minimum Gasteiger partial charge on any atom is -0.496 e. The maximum Gasteiger partial charge on any atom is 0.125 e. The summed E-state index contributed by atoms with van der Waals surface area (Å²) in [6, 6.07) is 4.10. The molecule has 1 unspecified atom stereocenters. The molecule has 1 rings (SSSR count). The minimum absolute atomic E-state index is 0.326. The number of halogens is 1. The van der Waals surface area contributed by atoms with Gasteiger partial charge in [-0.3, -0.25) is 0 Å². The van der Waals surface area contributed by atoms with Crippen LogP contribution in [0.2, 0.25) is 0 Å². The average molecular weight is 213 g/mol. The Labute approximate surface area is 88.9 Å². The number of methoxy groups -OCH3 is 1. The van der Waals surface area contributed by atoms with Gasteiger partial charge < -0.3 is 15.2 Å². The fraction of sp³-hybridized carbons (Fsp3) is 0.455. The van der Waals surface area contributed by atoms with Crippen molar-refractivity contribution in [1.29, 1.82) is 0 Å². The van der Waals surface area contributed by atoms with Crippen LogP contribution in [0.3, 0.4) is 0 Å². The molecule has 1 atom stereocenters. The molecule has 0 saturated heterocycles. The van der Waals surface area contributed by atoms with E-state index in [1.807, 2.05) is 0 Å². The number of benzene rings is 1. The van der Waals surface area contributed by atoms with E-state index in [2.05, 4.69) is 5.32 Å². The molecule has 0 spiro atoms. The van der Waals surface area contributed by atoms with Crippen LogP contribution >= 0.6 is 0 Å². The molecule has 0 aliphatic rings. The highest BCUT2D eigenvalue weighted by atomic mass is 19.1. The van der Waals surface area contributed by atoms with Gasteiger partial charge in [0.05, 0.1) is 7.11 Å². The second-order valence-electron chi connectivity index (χ2n) is 3.65. The van der Waals surface area contributed by atoms with Gasteiger partial charge in [0.2, 0.25) is 0 Å². The molecule has 15 heavy (non-hydrogen) atoms. The van der Waals surface area contributed by atoms with Gasteiger partial charge in [-0.15, -0.1) is 0 Å². The smallest absolute Gasteiger partial charge is 0.125 e. The van der Waals surface area contributed by atoms with Gasteiger partial charge in [0, 0.05) is 12.1 Å². The van der Waals surface area contributed by atoms with Crippen LogP contribution < -0.4 is 10.1 Å². The molecule has 0 amide bonds. The fourth-order valence-electron chi connectivity index (χ4n) is 1.54. The van der Waals surface area contributed by atoms with Crippen LogP contribution in [-0.4, -0.2) is 25.8 Å². The summed E-state index contributed by atoms with van der Waals surface area (Å²) in [7, 11) is 3.21. The van der Waals surface area contributed by atoms with Gasteiger partial charge in [-0.1, -0.05) is 0 Å². The number of rotatable bonds is 4. The molecule has 0 aromatic heterocycles. The molecule has 0 saturated carbocycles. The van der Waals surface area contributed by atoms with Gasteiger partial charge in [-0.2, -0.15) is 0 Å². The molecule has 0 radical (unpaired) electrons. The number of hydrogen-bond acceptors (Lipinski definition) is 3. The predicted molar refractivity (Wildman–Crippen MR) is 56.4 cm³/mol. The molecule has 0 bridgehead atoms. The van der Waals surface area contributed by atoms with E-state index in [1.54, 1.807) is 14.0 Å². The lowest BCUT2D eigenvalue weighted by Gasteiger charge is -2.25. The van der Waals surface area contributed by atoms with Crippen molar-refractivity contribution in [3.05, 3.63) is 29.6 Å². The molecule has 0 heterocycles. The lowest BCUT2D eigenvalue weighted by Crippen LogP contribution is -2.34. The van der Waals surface area contributed by atoms with Gasteiger partial charge >= 0.3 is 0 Å². The van der Waals surface area contributed by atoms with E-state index in [1.165, 1.54) is 25.3 Å². The second kappa shape index (κ2) is 4.59. The quantitative estimate of drug-likeness (QED) is 0.791. The van der Waals surface area contributed by atoms with Gasteiger partial charge in [0.1, 0.15) is 17.2 Å². The lowest BCUT2D eigenvalue weighted by molar-refractivity contribution is 0.0562. The number of likely N-dealkylation sites (N-methyl/N-ethyl adjacent to an activating group) is 1. The first-order valence-electron chi connectivity index (χ1n) is 4.72. The molecule has 84 valence electrons. The van der Waals surface area contributed by atoms with Crippen molar-refractivity contribution < 1.29 is 14.2 Å². The Bertz CT molecular complexity index is 339. The van der Waals surface area contributed by atoms with Crippen LogP contribution in [0.5, 0.6) is 5.75 Å². The largest absolute Gasteiger partial charge is 0.496 e. The molecule has 0 aliphatic carbocycles. The first kappa shape index (κ1) is 11.9. The lowest BCUT2D eigenvalue weighted by atomic mass is 9.95. The maximum absolute atomic E-state index is 13.1. The summed E-state index contributed by atoms with van der Waals surface area (Å²) in [6.45, 7) is 1.94. The van der Waals surface area contributed by atoms with Crippen LogP contribution in [0.1, 0.15) is 12.5 Å². The maximum atomic E-state index is 13.1. The van der Waals surface area contributed by atoms with Crippen molar-refractivity contribution in [2.24, 2.45) is 0 Å². The van der Waals surface area contributed by atoms with Crippen LogP contribution in [0.4, 0.5) is 4.39 Å². The predicted octanol–water partition coefficient (Wildman–Crippen LogP) is 1.26. The summed E-state index contributed by atoms with van der Waals surface area (Å²) in [5, 5.41) is 13.0. The van der Waals surface area contributed by atoms with E-state index in [0.717, 1.165) is 0 Å². The van der Waals surface area contributed by atoms with E-state index in [-0.39, 0.29) is 5.82 Å². The van der Waals surface area contributed by atoms with Crippen LogP contribution in [0.25, 0.3) is 0 Å². The van der Waals surface area contributed by atoms with Gasteiger partial charge in [-0.25, -0.2) is 4.39 Å². The van der Waals surface area contributed by atoms with Gasteiger partial charge in [0.15, 0.2) is 0 Å². The van der Waals surface area contributed by atoms with Crippen molar-refractivity contribution in [3.8, 4) is 5.75 Å². The standard InChI is InChI=1S/C11H16FNO2/c1-11(14,7-13-2)9-6-8(12)4-5-10(9)15-3/h4-6,13-14H,7H2,1-3H3. The highest BCUT2D eigenvalue weighted by Crippen LogP contribution is 2.29. The first-order valence-corrected chi connectivity index (χ1v) is 4.72. The van der Waals surface area contributed by atoms with E-state index in [9.17, 15) is 9.50 Å². The Hall–Kier alpha value is -1.13. The zero-order valence-electron chi connectivity index (χ0n) is 9.17. The van der Waals surface area contributed by atoms with Gasteiger partial charge in [-0.05, 0) is 32.2 Å². The number of hydrogen-bond donors (Lipinski definition) is 2. The Morgan fingerprint density at radius 3 is 2.73 bits per heavy atom. The fourth-order valence-corrected chi connectivity index (χ4v) is 1.54. The first-order chi connectivity index (χ1) is 7.01. The third kappa shape index (κ3) is 2.67. The molecule has 0 aliphatic heterocycles. The number of ether oxygens (including phenoxy) is 1. The summed E-state index contributed by atoms with van der Waals surface area (Å²) >= 11 is 0. The highest BCUT2D eigenvalue weighted by molar-refractivity contribution is 5.38. The van der Waals surface area contributed by atoms with E-state index in [4.69, 9.17) is 4.74 Å². The van der Waals surface area contributed by atoms with Crippen molar-refractivity contribution >= 4 is 0 Å². The van der Waals surface area contributed by atoms with Crippen molar-refractivity contribution in [1.82, 2.24) is 5.32 Å². The summed E-state index contributed by atoms with van der Waals surface area (Å²) in [5.74, 6) is 0.0961. The van der Waals surface area contributed by atoms with Crippen molar-refractivity contribution in [2.75, 3.05) is 20.7 Å². The molecular weight excluding hydrogens is 197 g/mol. The Balaban J connectivity index is 3.15. The summed E-state index contributed by atoms with van der Waals surface area (Å²) in [4.78, 5) is 0. The topological polar surface area (TPSA) is 41.5 Å². The minimum atomic E-state index is -1.15. The van der Waals surface area contributed by atoms with Crippen LogP contribution in [0, 0.1) is 5.82 Å². The van der Waals surface area contributed by atoms with Crippen LogP contribution in [0.15, 0.2) is 18.2 Å². The molecular formula is C11H16FNO2. The third-order valence-electron chi connectivity index (χ3n) is 2.26. The Morgan fingerprint density at radius 2 is 2.20 bits per heavy atom. The normalized spacial score (nSPS) is 14.7. The molecule has 2 N–H and O–H groups in total. The molecule has 1 aromatic rings. The zero-order valence-corrected chi connectivity index (χ0v) is 9.17. The SMILES string of the molecule is CNCC(C)(O)c1cc(F)ccc1OC. The number of nitrogens with one attached hydrogen (secondary N) is 1. The summed E-state index contributed by atoms with van der Waals surface area (Å²) < 4.78 is 18.1. The highest BCUT2D eigenvalue weighted by Gasteiger charge is 2.26. The van der Waals surface area contributed by atoms with Gasteiger partial charge in [0.25, 0.3) is 0 Å². The van der Waals surface area contributed by atoms with E-state index in [0.29, 0.717) is 17.9 Å². The second-order valence-corrected chi connectivity index (χ2v) is 3.65. The molecule has 0 fully saturated rings. The zero-order chi connectivity index (χ0) is 11.5. The molecule has 1 aromatic carbocycles. The van der Waals surface area contributed by atoms with Crippen LogP contribution in [-0.2, 0) is 5.60 Å². The van der Waals surface area contributed by atoms with Crippen molar-refractivity contribution in [2.45, 2.75) is 12.5 Å². The Morgan fingerprint density at radius 1 is 1.53 bits per heavy atom. The van der Waals surface area contributed by atoms with E-state index >= 15 is 0 Å². The Kier molecular flexibility index (Phi) is 3.66. The molecule has 3 nitrogen and oxygen atoms in total. The summed E-state index contributed by atoms with van der Waals surface area (Å²) in [5.41, 5.74) is -0.707. The van der Waals surface area contributed by atoms with Crippen molar-refractivity contribution in [3.63, 3.8) is 0 Å². The number of aliphatic hydroxyl groups is 1. The molecule has 4 heteroatoms. The van der Waals surface area contributed by atoms with E-state index < -0.39 is 5.60 Å². The summed E-state index contributed by atoms with van der Waals surface area (Å²) in [6.07, 6.45) is 0.